The van der Waals surface area contributed by atoms with Gasteiger partial charge >= 0.3 is 0 Å². The lowest BCUT2D eigenvalue weighted by molar-refractivity contribution is 0.0944. The van der Waals surface area contributed by atoms with Gasteiger partial charge in [0.25, 0.3) is 5.91 Å². The molecule has 0 bridgehead atoms. The van der Waals surface area contributed by atoms with E-state index in [-0.39, 0.29) is 12.5 Å². The van der Waals surface area contributed by atoms with Crippen molar-refractivity contribution in [2.45, 2.75) is 19.4 Å². The molecule has 0 aromatic heterocycles. The van der Waals surface area contributed by atoms with Crippen LogP contribution in [0.15, 0.2) is 27.1 Å². The van der Waals surface area contributed by atoms with Crippen molar-refractivity contribution >= 4 is 47.8 Å². The Labute approximate surface area is 135 Å². The molecule has 0 aliphatic heterocycles. The van der Waals surface area contributed by atoms with Gasteiger partial charge in [0, 0.05) is 26.6 Å². The minimum atomic E-state index is -3.32. The Bertz CT molecular complexity index is 595. The van der Waals surface area contributed by atoms with Crippen molar-refractivity contribution in [3.8, 4) is 0 Å². The molecule has 112 valence electrons. The lowest BCUT2D eigenvalue weighted by Crippen LogP contribution is -2.51. The standard InChI is InChI=1S/C12H16Br2N2O3S/c1-12(2,16-20(3,18)19)7-15-11(17)8-4-9(13)6-10(14)5-8/h4-6,16H,7H2,1-3H3,(H,15,17). The van der Waals surface area contributed by atoms with Crippen molar-refractivity contribution in [2.75, 3.05) is 12.8 Å². The Hall–Kier alpha value is -0.440. The smallest absolute Gasteiger partial charge is 0.251 e. The molecule has 20 heavy (non-hydrogen) atoms. The first-order valence-electron chi connectivity index (χ1n) is 5.72. The van der Waals surface area contributed by atoms with Gasteiger partial charge in [-0.2, -0.15) is 0 Å². The summed E-state index contributed by atoms with van der Waals surface area (Å²) < 4.78 is 26.5. The Kier molecular flexibility index (Phi) is 5.77. The molecule has 1 aromatic carbocycles. The number of halogens is 2. The number of carbonyl (C=O) groups excluding carboxylic acids is 1. The maximum Gasteiger partial charge on any atom is 0.251 e. The van der Waals surface area contributed by atoms with Crippen molar-refractivity contribution in [2.24, 2.45) is 0 Å². The van der Waals surface area contributed by atoms with Crippen molar-refractivity contribution in [3.05, 3.63) is 32.7 Å². The number of amides is 1. The zero-order valence-corrected chi connectivity index (χ0v) is 15.3. The molecule has 0 radical (unpaired) electrons. The summed E-state index contributed by atoms with van der Waals surface area (Å²) in [4.78, 5) is 12.0. The van der Waals surface area contributed by atoms with Gasteiger partial charge in [0.15, 0.2) is 0 Å². The van der Waals surface area contributed by atoms with E-state index in [1.807, 2.05) is 6.07 Å². The van der Waals surface area contributed by atoms with E-state index in [2.05, 4.69) is 41.9 Å². The highest BCUT2D eigenvalue weighted by molar-refractivity contribution is 9.11. The number of carbonyl (C=O) groups is 1. The van der Waals surface area contributed by atoms with Gasteiger partial charge in [0.05, 0.1) is 6.26 Å². The highest BCUT2D eigenvalue weighted by atomic mass is 79.9. The quantitative estimate of drug-likeness (QED) is 0.756. The van der Waals surface area contributed by atoms with E-state index in [1.54, 1.807) is 26.0 Å². The van der Waals surface area contributed by atoms with Crippen LogP contribution < -0.4 is 10.0 Å². The number of hydrogen-bond acceptors (Lipinski definition) is 3. The summed E-state index contributed by atoms with van der Waals surface area (Å²) in [6, 6.07) is 5.21. The molecule has 5 nitrogen and oxygen atoms in total. The lowest BCUT2D eigenvalue weighted by Gasteiger charge is -2.25. The SMILES string of the molecule is CC(C)(CNC(=O)c1cc(Br)cc(Br)c1)NS(C)(=O)=O. The van der Waals surface area contributed by atoms with Gasteiger partial charge < -0.3 is 5.32 Å². The van der Waals surface area contributed by atoms with Crippen molar-refractivity contribution in [1.82, 2.24) is 10.0 Å². The zero-order chi connectivity index (χ0) is 15.6. The molecule has 1 amide bonds. The van der Waals surface area contributed by atoms with E-state index in [4.69, 9.17) is 0 Å². The average molecular weight is 428 g/mol. The summed E-state index contributed by atoms with van der Waals surface area (Å²) in [5, 5.41) is 2.71. The van der Waals surface area contributed by atoms with Crippen molar-refractivity contribution in [1.29, 1.82) is 0 Å². The summed E-state index contributed by atoms with van der Waals surface area (Å²) >= 11 is 6.62. The van der Waals surface area contributed by atoms with E-state index in [0.717, 1.165) is 15.2 Å². The normalized spacial score (nSPS) is 12.2. The molecule has 0 spiro atoms. The Morgan fingerprint density at radius 2 is 1.70 bits per heavy atom. The fourth-order valence-electron chi connectivity index (χ4n) is 1.63. The van der Waals surface area contributed by atoms with Crippen LogP contribution in [0.25, 0.3) is 0 Å². The molecule has 0 fully saturated rings. The molecule has 0 saturated heterocycles. The number of rotatable bonds is 5. The second kappa shape index (κ2) is 6.55. The maximum atomic E-state index is 12.0. The minimum Gasteiger partial charge on any atom is -0.350 e. The van der Waals surface area contributed by atoms with Gasteiger partial charge in [-0.1, -0.05) is 31.9 Å². The van der Waals surface area contributed by atoms with Crippen molar-refractivity contribution in [3.63, 3.8) is 0 Å². The maximum absolute atomic E-state index is 12.0. The highest BCUT2D eigenvalue weighted by Gasteiger charge is 2.23. The fourth-order valence-corrected chi connectivity index (χ4v) is 4.00. The minimum absolute atomic E-state index is 0.184. The highest BCUT2D eigenvalue weighted by Crippen LogP contribution is 2.20. The lowest BCUT2D eigenvalue weighted by atomic mass is 10.1. The third kappa shape index (κ3) is 6.34. The molecule has 0 aliphatic rings. The van der Waals surface area contributed by atoms with Crippen LogP contribution in [-0.4, -0.2) is 32.7 Å². The predicted molar refractivity (Wildman–Crippen MR) is 86.2 cm³/mol. The fraction of sp³-hybridized carbons (Fsp3) is 0.417. The molecule has 0 unspecified atom stereocenters. The van der Waals surface area contributed by atoms with Crippen LogP contribution in [0, 0.1) is 0 Å². The van der Waals surface area contributed by atoms with Gasteiger partial charge in [0.2, 0.25) is 10.0 Å². The molecule has 0 saturated carbocycles. The van der Waals surface area contributed by atoms with E-state index >= 15 is 0 Å². The van der Waals surface area contributed by atoms with Crippen LogP contribution in [0.1, 0.15) is 24.2 Å². The number of nitrogens with one attached hydrogen (secondary N) is 2. The number of hydrogen-bond donors (Lipinski definition) is 2. The first-order chi connectivity index (χ1) is 8.98. The molecule has 0 atom stereocenters. The van der Waals surface area contributed by atoms with Gasteiger partial charge in [-0.3, -0.25) is 4.79 Å². The van der Waals surface area contributed by atoms with Crippen LogP contribution in [-0.2, 0) is 10.0 Å². The van der Waals surface area contributed by atoms with Crippen LogP contribution in [0.4, 0.5) is 0 Å². The van der Waals surface area contributed by atoms with Gasteiger partial charge in [-0.15, -0.1) is 0 Å². The zero-order valence-electron chi connectivity index (χ0n) is 11.3. The summed E-state index contributed by atoms with van der Waals surface area (Å²) in [6.07, 6.45) is 1.09. The topological polar surface area (TPSA) is 75.3 Å². The molecule has 2 N–H and O–H groups in total. The number of sulfonamides is 1. The van der Waals surface area contributed by atoms with Crippen molar-refractivity contribution < 1.29 is 13.2 Å². The first-order valence-corrected chi connectivity index (χ1v) is 9.19. The monoisotopic (exact) mass is 426 g/mol. The Balaban J connectivity index is 2.72. The summed E-state index contributed by atoms with van der Waals surface area (Å²) in [5.74, 6) is -0.268. The molecule has 1 aromatic rings. The summed E-state index contributed by atoms with van der Waals surface area (Å²) in [6.45, 7) is 3.58. The molecule has 0 aliphatic carbocycles. The molecule has 1 rings (SSSR count). The average Bonchev–Trinajstić information content (AvgIpc) is 2.21. The van der Waals surface area contributed by atoms with E-state index in [0.29, 0.717) is 5.56 Å². The van der Waals surface area contributed by atoms with Crippen LogP contribution in [0.2, 0.25) is 0 Å². The van der Waals surface area contributed by atoms with Crippen LogP contribution in [0.3, 0.4) is 0 Å². The third-order valence-corrected chi connectivity index (χ3v) is 4.12. The first kappa shape index (κ1) is 17.6. The molecular formula is C12H16Br2N2O3S. The van der Waals surface area contributed by atoms with E-state index in [1.165, 1.54) is 0 Å². The molecule has 8 heteroatoms. The van der Waals surface area contributed by atoms with Crippen LogP contribution in [0.5, 0.6) is 0 Å². The Morgan fingerprint density at radius 1 is 1.20 bits per heavy atom. The second-order valence-corrected chi connectivity index (χ2v) is 8.68. The van der Waals surface area contributed by atoms with E-state index in [9.17, 15) is 13.2 Å². The molecular weight excluding hydrogens is 412 g/mol. The third-order valence-electron chi connectivity index (χ3n) is 2.28. The summed E-state index contributed by atoms with van der Waals surface area (Å²) in [5.41, 5.74) is -0.270. The van der Waals surface area contributed by atoms with Gasteiger partial charge in [-0.25, -0.2) is 13.1 Å². The predicted octanol–water partition coefficient (Wildman–Crippen LogP) is 2.27. The summed E-state index contributed by atoms with van der Waals surface area (Å²) in [7, 11) is -3.32. The van der Waals surface area contributed by atoms with E-state index < -0.39 is 15.6 Å². The largest absolute Gasteiger partial charge is 0.350 e. The molecule has 0 heterocycles. The van der Waals surface area contributed by atoms with Gasteiger partial charge in [0.1, 0.15) is 0 Å². The van der Waals surface area contributed by atoms with Crippen LogP contribution >= 0.6 is 31.9 Å². The van der Waals surface area contributed by atoms with Gasteiger partial charge in [-0.05, 0) is 32.0 Å². The Morgan fingerprint density at radius 3 is 2.15 bits per heavy atom. The second-order valence-electron chi connectivity index (χ2n) is 5.10. The number of benzene rings is 1.